The molecule has 0 saturated heterocycles. The third-order valence-electron chi connectivity index (χ3n) is 4.69. The molecule has 10 heteroatoms. The van der Waals surface area contributed by atoms with E-state index in [0.29, 0.717) is 33.9 Å². The highest BCUT2D eigenvalue weighted by atomic mass is 32.1. The van der Waals surface area contributed by atoms with Crippen LogP contribution in [0.15, 0.2) is 87.2 Å². The summed E-state index contributed by atoms with van der Waals surface area (Å²) in [5, 5.41) is 16.9. The lowest BCUT2D eigenvalue weighted by atomic mass is 10.2. The summed E-state index contributed by atoms with van der Waals surface area (Å²) >= 11 is 1.05. The molecule has 1 aromatic heterocycles. The highest BCUT2D eigenvalue weighted by Crippen LogP contribution is 2.35. The van der Waals surface area contributed by atoms with Crippen LogP contribution in [0.3, 0.4) is 0 Å². The Balaban J connectivity index is 1.38. The Morgan fingerprint density at radius 2 is 1.41 bits per heavy atom. The van der Waals surface area contributed by atoms with E-state index in [4.69, 9.17) is 4.74 Å². The smallest absolute Gasteiger partial charge is 0.416 e. The number of thiazole rings is 1. The first kappa shape index (κ1) is 23.5. The van der Waals surface area contributed by atoms with E-state index in [1.54, 1.807) is 24.3 Å². The minimum atomic E-state index is -4.40. The van der Waals surface area contributed by atoms with Crippen LogP contribution in [0, 0.1) is 0 Å². The average molecular weight is 484 g/mol. The van der Waals surface area contributed by atoms with Gasteiger partial charge in [-0.25, -0.2) is 4.98 Å². The Bertz CT molecular complexity index is 1300. The van der Waals surface area contributed by atoms with Crippen LogP contribution < -0.4 is 4.74 Å². The molecular formula is C24H20F3N5OS. The quantitative estimate of drug-likeness (QED) is 0.185. The molecule has 4 aromatic rings. The molecule has 0 unspecified atom stereocenters. The maximum atomic E-state index is 12.9. The van der Waals surface area contributed by atoms with Crippen molar-refractivity contribution >= 4 is 43.7 Å². The highest BCUT2D eigenvalue weighted by molar-refractivity contribution is 7.21. The van der Waals surface area contributed by atoms with Gasteiger partial charge in [0.15, 0.2) is 0 Å². The van der Waals surface area contributed by atoms with E-state index in [-0.39, 0.29) is 5.13 Å². The van der Waals surface area contributed by atoms with E-state index < -0.39 is 11.7 Å². The largest absolute Gasteiger partial charge is 0.494 e. The summed E-state index contributed by atoms with van der Waals surface area (Å²) in [6.45, 7) is 2.81. The average Bonchev–Trinajstić information content (AvgIpc) is 3.25. The molecular weight excluding hydrogens is 463 g/mol. The van der Waals surface area contributed by atoms with Crippen molar-refractivity contribution in [2.24, 2.45) is 20.5 Å². The number of alkyl halides is 3. The normalized spacial score (nSPS) is 12.2. The molecule has 174 valence electrons. The first-order chi connectivity index (χ1) is 16.4. The molecule has 6 nitrogen and oxygen atoms in total. The van der Waals surface area contributed by atoms with Crippen molar-refractivity contribution in [1.29, 1.82) is 0 Å². The fraction of sp³-hybridized carbons (Fsp3) is 0.208. The van der Waals surface area contributed by atoms with Crippen molar-refractivity contribution in [2.75, 3.05) is 6.61 Å². The zero-order valence-electron chi connectivity index (χ0n) is 18.2. The predicted molar refractivity (Wildman–Crippen MR) is 126 cm³/mol. The molecule has 0 aliphatic heterocycles. The third-order valence-corrected chi connectivity index (χ3v) is 5.59. The van der Waals surface area contributed by atoms with E-state index in [2.05, 4.69) is 32.4 Å². The molecule has 4 rings (SSSR count). The Kier molecular flexibility index (Phi) is 7.27. The summed E-state index contributed by atoms with van der Waals surface area (Å²) in [6, 6.07) is 17.7. The van der Waals surface area contributed by atoms with E-state index in [0.717, 1.165) is 42.1 Å². The molecule has 0 radical (unpaired) electrons. The van der Waals surface area contributed by atoms with E-state index in [1.807, 2.05) is 24.3 Å². The van der Waals surface area contributed by atoms with Crippen molar-refractivity contribution in [3.05, 3.63) is 72.3 Å². The van der Waals surface area contributed by atoms with Gasteiger partial charge in [-0.2, -0.15) is 23.4 Å². The molecule has 34 heavy (non-hydrogen) atoms. The van der Waals surface area contributed by atoms with Crippen LogP contribution in [0.2, 0.25) is 0 Å². The predicted octanol–water partition coefficient (Wildman–Crippen LogP) is 9.32. The van der Waals surface area contributed by atoms with Crippen LogP contribution >= 0.6 is 11.3 Å². The van der Waals surface area contributed by atoms with Gasteiger partial charge in [0.2, 0.25) is 5.13 Å². The van der Waals surface area contributed by atoms with Gasteiger partial charge in [-0.1, -0.05) is 24.7 Å². The summed E-state index contributed by atoms with van der Waals surface area (Å²) in [7, 11) is 0. The number of nitrogens with zero attached hydrogens (tertiary/aromatic N) is 5. The number of benzene rings is 3. The van der Waals surface area contributed by atoms with E-state index in [9.17, 15) is 13.2 Å². The van der Waals surface area contributed by atoms with Crippen LogP contribution in [0.4, 0.5) is 35.4 Å². The number of rotatable bonds is 8. The fourth-order valence-electron chi connectivity index (χ4n) is 2.88. The molecule has 0 fully saturated rings. The first-order valence-electron chi connectivity index (χ1n) is 10.5. The van der Waals surface area contributed by atoms with Gasteiger partial charge >= 0.3 is 6.18 Å². The van der Waals surface area contributed by atoms with Crippen LogP contribution in [0.25, 0.3) is 10.2 Å². The number of halogens is 3. The zero-order chi connectivity index (χ0) is 24.0. The fourth-order valence-corrected chi connectivity index (χ4v) is 3.70. The minimum Gasteiger partial charge on any atom is -0.494 e. The standard InChI is InChI=1S/C24H20F3N5OS/c1-2-3-14-33-20-11-9-19(10-12-20)30-29-17-5-7-18(8-6-17)31-32-23-28-21-13-4-16(24(25,26)27)15-22(21)34-23/h4-13,15H,2-3,14H2,1H3. The lowest BCUT2D eigenvalue weighted by molar-refractivity contribution is -0.137. The van der Waals surface area contributed by atoms with Crippen LogP contribution in [0.5, 0.6) is 5.75 Å². The Morgan fingerprint density at radius 3 is 2.00 bits per heavy atom. The second-order valence-electron chi connectivity index (χ2n) is 7.29. The Hall–Kier alpha value is -3.66. The molecule has 0 atom stereocenters. The van der Waals surface area contributed by atoms with Gasteiger partial charge in [0.05, 0.1) is 39.4 Å². The van der Waals surface area contributed by atoms with Gasteiger partial charge in [0, 0.05) is 0 Å². The molecule has 0 N–H and O–H groups in total. The molecule has 0 spiro atoms. The Labute approximate surface area is 197 Å². The number of aromatic nitrogens is 1. The maximum Gasteiger partial charge on any atom is 0.416 e. The second kappa shape index (κ2) is 10.5. The van der Waals surface area contributed by atoms with Crippen molar-refractivity contribution in [3.63, 3.8) is 0 Å². The first-order valence-corrected chi connectivity index (χ1v) is 11.4. The third kappa shape index (κ3) is 6.22. The minimum absolute atomic E-state index is 0.278. The molecule has 0 saturated carbocycles. The van der Waals surface area contributed by atoms with E-state index >= 15 is 0 Å². The van der Waals surface area contributed by atoms with Gasteiger partial charge < -0.3 is 4.74 Å². The zero-order valence-corrected chi connectivity index (χ0v) is 19.0. The van der Waals surface area contributed by atoms with Crippen LogP contribution in [-0.4, -0.2) is 11.6 Å². The number of fused-ring (bicyclic) bond motifs is 1. The van der Waals surface area contributed by atoms with Gasteiger partial charge in [-0.3, -0.25) is 0 Å². The lowest BCUT2D eigenvalue weighted by Gasteiger charge is -2.04. The molecule has 0 amide bonds. The SMILES string of the molecule is CCCCOc1ccc(N=Nc2ccc(N=Nc3nc4ccc(C(F)(F)F)cc4s3)cc2)cc1. The summed E-state index contributed by atoms with van der Waals surface area (Å²) in [6.07, 6.45) is -2.30. The molecule has 0 bridgehead atoms. The summed E-state index contributed by atoms with van der Waals surface area (Å²) in [5.41, 5.74) is 1.64. The van der Waals surface area contributed by atoms with Crippen molar-refractivity contribution < 1.29 is 17.9 Å². The van der Waals surface area contributed by atoms with Crippen molar-refractivity contribution in [2.45, 2.75) is 25.9 Å². The van der Waals surface area contributed by atoms with Crippen LogP contribution in [-0.2, 0) is 6.18 Å². The van der Waals surface area contributed by atoms with Crippen molar-refractivity contribution in [3.8, 4) is 5.75 Å². The summed E-state index contributed by atoms with van der Waals surface area (Å²) < 4.78 is 44.6. The van der Waals surface area contributed by atoms with Gasteiger partial charge in [-0.05, 0) is 73.2 Å². The highest BCUT2D eigenvalue weighted by Gasteiger charge is 2.30. The Morgan fingerprint density at radius 1 is 0.824 bits per heavy atom. The number of unbranched alkanes of at least 4 members (excludes halogenated alkanes) is 1. The van der Waals surface area contributed by atoms with Crippen molar-refractivity contribution in [1.82, 2.24) is 4.98 Å². The molecule has 3 aromatic carbocycles. The van der Waals surface area contributed by atoms with Gasteiger partial charge in [0.25, 0.3) is 0 Å². The number of azo groups is 2. The topological polar surface area (TPSA) is 71.6 Å². The lowest BCUT2D eigenvalue weighted by Crippen LogP contribution is -2.03. The summed E-state index contributed by atoms with van der Waals surface area (Å²) in [5.74, 6) is 0.802. The maximum absolute atomic E-state index is 12.9. The van der Waals surface area contributed by atoms with Gasteiger partial charge in [0.1, 0.15) is 5.75 Å². The number of hydrogen-bond donors (Lipinski definition) is 0. The molecule has 0 aliphatic carbocycles. The summed E-state index contributed by atoms with van der Waals surface area (Å²) in [4.78, 5) is 4.21. The number of ether oxygens (including phenoxy) is 1. The second-order valence-corrected chi connectivity index (χ2v) is 8.30. The molecule has 0 aliphatic rings. The number of hydrogen-bond acceptors (Lipinski definition) is 7. The molecule has 1 heterocycles. The van der Waals surface area contributed by atoms with Crippen LogP contribution in [0.1, 0.15) is 25.3 Å². The van der Waals surface area contributed by atoms with E-state index in [1.165, 1.54) is 6.07 Å². The monoisotopic (exact) mass is 483 g/mol. The van der Waals surface area contributed by atoms with Gasteiger partial charge in [-0.15, -0.1) is 10.2 Å².